The average Bonchev–Trinajstić information content (AvgIpc) is 2.47. The minimum absolute atomic E-state index is 0.192. The van der Waals surface area contributed by atoms with Gasteiger partial charge in [-0.25, -0.2) is 0 Å². The summed E-state index contributed by atoms with van der Waals surface area (Å²) in [6.07, 6.45) is 0.906. The lowest BCUT2D eigenvalue weighted by Crippen LogP contribution is -2.17. The van der Waals surface area contributed by atoms with Crippen molar-refractivity contribution in [2.75, 3.05) is 19.1 Å². The van der Waals surface area contributed by atoms with E-state index in [4.69, 9.17) is 10.5 Å². The Morgan fingerprint density at radius 2 is 1.80 bits per heavy atom. The van der Waals surface area contributed by atoms with Crippen molar-refractivity contribution in [3.63, 3.8) is 0 Å². The molecule has 1 atom stereocenters. The van der Waals surface area contributed by atoms with Gasteiger partial charge in [0.05, 0.1) is 7.11 Å². The van der Waals surface area contributed by atoms with Gasteiger partial charge in [-0.3, -0.25) is 0 Å². The molecular formula is C17H22N2O. The highest BCUT2D eigenvalue weighted by Crippen LogP contribution is 2.26. The zero-order chi connectivity index (χ0) is 14.5. The van der Waals surface area contributed by atoms with Crippen LogP contribution in [0.3, 0.4) is 0 Å². The van der Waals surface area contributed by atoms with E-state index in [0.717, 1.165) is 23.5 Å². The first kappa shape index (κ1) is 14.4. The van der Waals surface area contributed by atoms with Gasteiger partial charge in [0.25, 0.3) is 0 Å². The molecule has 2 rings (SSSR count). The Hall–Kier alpha value is -2.00. The van der Waals surface area contributed by atoms with Crippen molar-refractivity contribution in [1.82, 2.24) is 0 Å². The molecule has 0 heterocycles. The molecule has 0 aliphatic rings. The van der Waals surface area contributed by atoms with E-state index in [2.05, 4.69) is 42.3 Å². The fraction of sp³-hybridized carbons (Fsp3) is 0.294. The third kappa shape index (κ3) is 3.52. The Bertz CT molecular complexity index is 549. The second-order valence-corrected chi connectivity index (χ2v) is 5.11. The number of nitrogens with zero attached hydrogens (tertiary/aromatic N) is 1. The van der Waals surface area contributed by atoms with Crippen molar-refractivity contribution < 1.29 is 4.74 Å². The highest BCUT2D eigenvalue weighted by molar-refractivity contribution is 5.64. The van der Waals surface area contributed by atoms with E-state index in [1.807, 2.05) is 25.1 Å². The monoisotopic (exact) mass is 270 g/mol. The zero-order valence-electron chi connectivity index (χ0n) is 12.3. The number of nitrogens with two attached hydrogens (primary N) is 1. The van der Waals surface area contributed by atoms with Crippen LogP contribution in [0.25, 0.3) is 0 Å². The van der Waals surface area contributed by atoms with Gasteiger partial charge in [0.2, 0.25) is 0 Å². The first-order valence-corrected chi connectivity index (χ1v) is 6.82. The molecule has 0 saturated carbocycles. The summed E-state index contributed by atoms with van der Waals surface area (Å²) in [6, 6.07) is 16.7. The van der Waals surface area contributed by atoms with E-state index in [1.165, 1.54) is 5.56 Å². The number of benzene rings is 2. The van der Waals surface area contributed by atoms with Gasteiger partial charge in [-0.15, -0.1) is 0 Å². The van der Waals surface area contributed by atoms with Gasteiger partial charge in [0.15, 0.2) is 0 Å². The van der Waals surface area contributed by atoms with Gasteiger partial charge in [-0.05, 0) is 43.2 Å². The van der Waals surface area contributed by atoms with Crippen LogP contribution < -0.4 is 15.4 Å². The van der Waals surface area contributed by atoms with Gasteiger partial charge in [0.1, 0.15) is 5.75 Å². The van der Waals surface area contributed by atoms with Crippen molar-refractivity contribution in [3.05, 3.63) is 54.1 Å². The molecule has 0 aliphatic carbocycles. The summed E-state index contributed by atoms with van der Waals surface area (Å²) in [5.41, 5.74) is 9.33. The Balaban J connectivity index is 2.17. The van der Waals surface area contributed by atoms with Crippen molar-refractivity contribution in [2.24, 2.45) is 5.73 Å². The van der Waals surface area contributed by atoms with Crippen LogP contribution in [0.15, 0.2) is 48.5 Å². The van der Waals surface area contributed by atoms with Crippen LogP contribution in [0.5, 0.6) is 5.75 Å². The van der Waals surface area contributed by atoms with Gasteiger partial charge in [-0.2, -0.15) is 0 Å². The first-order chi connectivity index (χ1) is 9.60. The molecule has 0 spiro atoms. The molecule has 0 saturated heterocycles. The summed E-state index contributed by atoms with van der Waals surface area (Å²) in [7, 11) is 3.73. The number of hydrogen-bond donors (Lipinski definition) is 1. The largest absolute Gasteiger partial charge is 0.497 e. The second kappa shape index (κ2) is 6.44. The zero-order valence-corrected chi connectivity index (χ0v) is 12.3. The van der Waals surface area contributed by atoms with Crippen molar-refractivity contribution >= 4 is 11.4 Å². The SMILES string of the molecule is COc1cccc(N(C)c2ccc(CC(C)N)cc2)c1. The predicted octanol–water partition coefficient (Wildman–Crippen LogP) is 3.35. The molecule has 3 heteroatoms. The summed E-state index contributed by atoms with van der Waals surface area (Å²) in [5.74, 6) is 0.864. The molecule has 0 bridgehead atoms. The molecule has 1 unspecified atom stereocenters. The number of rotatable bonds is 5. The van der Waals surface area contributed by atoms with E-state index >= 15 is 0 Å². The van der Waals surface area contributed by atoms with Crippen LogP contribution >= 0.6 is 0 Å². The summed E-state index contributed by atoms with van der Waals surface area (Å²) in [4.78, 5) is 2.14. The minimum Gasteiger partial charge on any atom is -0.497 e. The molecule has 0 aliphatic heterocycles. The number of methoxy groups -OCH3 is 1. The molecule has 0 amide bonds. The summed E-state index contributed by atoms with van der Waals surface area (Å²) < 4.78 is 5.26. The van der Waals surface area contributed by atoms with Crippen LogP contribution in [-0.4, -0.2) is 20.2 Å². The number of hydrogen-bond acceptors (Lipinski definition) is 3. The maximum Gasteiger partial charge on any atom is 0.120 e. The van der Waals surface area contributed by atoms with Gasteiger partial charge in [-0.1, -0.05) is 18.2 Å². The normalized spacial score (nSPS) is 12.0. The van der Waals surface area contributed by atoms with Crippen LogP contribution in [-0.2, 0) is 6.42 Å². The maximum atomic E-state index is 5.82. The summed E-state index contributed by atoms with van der Waals surface area (Å²) >= 11 is 0. The molecule has 2 aromatic carbocycles. The molecule has 20 heavy (non-hydrogen) atoms. The van der Waals surface area contributed by atoms with Crippen LogP contribution in [0.1, 0.15) is 12.5 Å². The molecule has 3 nitrogen and oxygen atoms in total. The van der Waals surface area contributed by atoms with Crippen molar-refractivity contribution in [2.45, 2.75) is 19.4 Å². The fourth-order valence-corrected chi connectivity index (χ4v) is 2.20. The predicted molar refractivity (Wildman–Crippen MR) is 84.9 cm³/mol. The average molecular weight is 270 g/mol. The Morgan fingerprint density at radius 1 is 1.10 bits per heavy atom. The molecule has 2 aromatic rings. The van der Waals surface area contributed by atoms with Crippen molar-refractivity contribution in [3.8, 4) is 5.75 Å². The Morgan fingerprint density at radius 3 is 2.40 bits per heavy atom. The van der Waals surface area contributed by atoms with Gasteiger partial charge in [0, 0.05) is 30.5 Å². The van der Waals surface area contributed by atoms with E-state index in [0.29, 0.717) is 0 Å². The lowest BCUT2D eigenvalue weighted by Gasteiger charge is -2.20. The molecule has 106 valence electrons. The number of ether oxygens (including phenoxy) is 1. The second-order valence-electron chi connectivity index (χ2n) is 5.11. The summed E-state index contributed by atoms with van der Waals surface area (Å²) in [6.45, 7) is 2.02. The van der Waals surface area contributed by atoms with Crippen molar-refractivity contribution in [1.29, 1.82) is 0 Å². The standard InChI is InChI=1S/C17H22N2O/c1-13(18)11-14-7-9-15(10-8-14)19(2)16-5-4-6-17(12-16)20-3/h4-10,12-13H,11,18H2,1-3H3. The third-order valence-corrected chi connectivity index (χ3v) is 3.32. The Labute approximate surface area is 121 Å². The van der Waals surface area contributed by atoms with Crippen LogP contribution in [0.4, 0.5) is 11.4 Å². The minimum atomic E-state index is 0.192. The van der Waals surface area contributed by atoms with E-state index < -0.39 is 0 Å². The van der Waals surface area contributed by atoms with Crippen LogP contribution in [0, 0.1) is 0 Å². The highest BCUT2D eigenvalue weighted by Gasteiger charge is 2.05. The topological polar surface area (TPSA) is 38.5 Å². The summed E-state index contributed by atoms with van der Waals surface area (Å²) in [5, 5.41) is 0. The molecular weight excluding hydrogens is 248 g/mol. The van der Waals surface area contributed by atoms with E-state index in [1.54, 1.807) is 7.11 Å². The van der Waals surface area contributed by atoms with E-state index in [9.17, 15) is 0 Å². The van der Waals surface area contributed by atoms with Gasteiger partial charge >= 0.3 is 0 Å². The smallest absolute Gasteiger partial charge is 0.120 e. The quantitative estimate of drug-likeness (QED) is 0.905. The molecule has 0 aromatic heterocycles. The highest BCUT2D eigenvalue weighted by atomic mass is 16.5. The number of anilines is 2. The lowest BCUT2D eigenvalue weighted by atomic mass is 10.1. The van der Waals surface area contributed by atoms with Gasteiger partial charge < -0.3 is 15.4 Å². The first-order valence-electron chi connectivity index (χ1n) is 6.82. The molecule has 0 radical (unpaired) electrons. The molecule has 0 fully saturated rings. The third-order valence-electron chi connectivity index (χ3n) is 3.32. The lowest BCUT2D eigenvalue weighted by molar-refractivity contribution is 0.415. The fourth-order valence-electron chi connectivity index (χ4n) is 2.20. The maximum absolute atomic E-state index is 5.82. The van der Waals surface area contributed by atoms with Crippen LogP contribution in [0.2, 0.25) is 0 Å². The van der Waals surface area contributed by atoms with E-state index in [-0.39, 0.29) is 6.04 Å². The Kier molecular flexibility index (Phi) is 4.64. The molecule has 2 N–H and O–H groups in total.